The molecule has 0 aromatic heterocycles. The normalized spacial score (nSPS) is 19.7. The van der Waals surface area contributed by atoms with E-state index in [-0.39, 0.29) is 17.9 Å². The van der Waals surface area contributed by atoms with Gasteiger partial charge in [-0.05, 0) is 32.9 Å². The highest BCUT2D eigenvalue weighted by Gasteiger charge is 2.31. The Morgan fingerprint density at radius 1 is 1.26 bits per heavy atom. The molecule has 1 amide bonds. The molecule has 4 heteroatoms. The van der Waals surface area contributed by atoms with Crippen molar-refractivity contribution in [1.29, 1.82) is 0 Å². The van der Waals surface area contributed by atoms with Gasteiger partial charge in [-0.1, -0.05) is 33.1 Å². The number of hydrogen-bond donors (Lipinski definition) is 1. The first-order chi connectivity index (χ1) is 8.97. The Kier molecular flexibility index (Phi) is 6.80. The van der Waals surface area contributed by atoms with E-state index in [9.17, 15) is 4.79 Å². The van der Waals surface area contributed by atoms with Crippen molar-refractivity contribution >= 4 is 5.91 Å². The van der Waals surface area contributed by atoms with Gasteiger partial charge in [-0.25, -0.2) is 0 Å². The lowest BCUT2D eigenvalue weighted by molar-refractivity contribution is -0.136. The molecule has 2 N–H and O–H groups in total. The van der Waals surface area contributed by atoms with Crippen LogP contribution in [0, 0.1) is 5.92 Å². The Morgan fingerprint density at radius 2 is 1.84 bits per heavy atom. The van der Waals surface area contributed by atoms with E-state index in [1.54, 1.807) is 0 Å². The second-order valence-electron chi connectivity index (χ2n) is 6.18. The third kappa shape index (κ3) is 4.77. The monoisotopic (exact) mass is 269 g/mol. The molecule has 0 aliphatic heterocycles. The number of hydrogen-bond acceptors (Lipinski definition) is 3. The standard InChI is InChI=1S/C15H31N3O/c1-5-12(2)14(16)15(19)18(11-10-17(3)4)13-8-6-7-9-13/h12-14H,5-11,16H2,1-4H3/t12-,14-/m0/s1. The number of nitrogens with zero attached hydrogens (tertiary/aromatic N) is 2. The van der Waals surface area contributed by atoms with Gasteiger partial charge in [0.05, 0.1) is 6.04 Å². The van der Waals surface area contributed by atoms with Crippen molar-refractivity contribution in [3.8, 4) is 0 Å². The first-order valence-corrected chi connectivity index (χ1v) is 7.68. The van der Waals surface area contributed by atoms with E-state index in [1.807, 2.05) is 14.1 Å². The molecule has 2 atom stereocenters. The van der Waals surface area contributed by atoms with Crippen LogP contribution in [-0.4, -0.2) is 55.0 Å². The van der Waals surface area contributed by atoms with Crippen LogP contribution in [0.2, 0.25) is 0 Å². The van der Waals surface area contributed by atoms with Gasteiger partial charge in [0.1, 0.15) is 0 Å². The van der Waals surface area contributed by atoms with Crippen molar-refractivity contribution in [2.45, 2.75) is 58.0 Å². The van der Waals surface area contributed by atoms with Crippen LogP contribution in [0.4, 0.5) is 0 Å². The Balaban J connectivity index is 2.68. The van der Waals surface area contributed by atoms with Gasteiger partial charge in [0, 0.05) is 19.1 Å². The Labute approximate surface area is 118 Å². The lowest BCUT2D eigenvalue weighted by Crippen LogP contribution is -2.52. The molecule has 1 aliphatic rings. The van der Waals surface area contributed by atoms with Crippen LogP contribution in [0.5, 0.6) is 0 Å². The van der Waals surface area contributed by atoms with Gasteiger partial charge in [0.15, 0.2) is 0 Å². The van der Waals surface area contributed by atoms with Crippen LogP contribution >= 0.6 is 0 Å². The highest BCUT2D eigenvalue weighted by atomic mass is 16.2. The summed E-state index contributed by atoms with van der Waals surface area (Å²) in [4.78, 5) is 16.8. The average Bonchev–Trinajstić information content (AvgIpc) is 2.90. The van der Waals surface area contributed by atoms with Gasteiger partial charge < -0.3 is 15.5 Å². The minimum atomic E-state index is -0.340. The fraction of sp³-hybridized carbons (Fsp3) is 0.933. The molecule has 1 rings (SSSR count). The maximum absolute atomic E-state index is 12.6. The molecular weight excluding hydrogens is 238 g/mol. The average molecular weight is 269 g/mol. The van der Waals surface area contributed by atoms with E-state index in [4.69, 9.17) is 5.73 Å². The van der Waals surface area contributed by atoms with Crippen LogP contribution in [0.3, 0.4) is 0 Å². The molecule has 1 aliphatic carbocycles. The number of amides is 1. The van der Waals surface area contributed by atoms with E-state index < -0.39 is 0 Å². The molecule has 4 nitrogen and oxygen atoms in total. The van der Waals surface area contributed by atoms with Crippen molar-refractivity contribution in [2.75, 3.05) is 27.2 Å². The summed E-state index contributed by atoms with van der Waals surface area (Å²) in [5, 5.41) is 0. The zero-order chi connectivity index (χ0) is 14.4. The lowest BCUT2D eigenvalue weighted by Gasteiger charge is -2.33. The van der Waals surface area contributed by atoms with Gasteiger partial charge >= 0.3 is 0 Å². The molecule has 0 aromatic carbocycles. The Hall–Kier alpha value is -0.610. The number of carbonyl (C=O) groups excluding carboxylic acids is 1. The molecule has 0 radical (unpaired) electrons. The van der Waals surface area contributed by atoms with Crippen molar-refractivity contribution in [1.82, 2.24) is 9.80 Å². The summed E-state index contributed by atoms with van der Waals surface area (Å²) in [7, 11) is 4.10. The van der Waals surface area contributed by atoms with Gasteiger partial charge in [-0.2, -0.15) is 0 Å². The van der Waals surface area contributed by atoms with Crippen molar-refractivity contribution < 1.29 is 4.79 Å². The van der Waals surface area contributed by atoms with Crippen LogP contribution in [-0.2, 0) is 4.79 Å². The maximum Gasteiger partial charge on any atom is 0.240 e. The van der Waals surface area contributed by atoms with E-state index in [2.05, 4.69) is 23.6 Å². The van der Waals surface area contributed by atoms with Crippen LogP contribution in [0.25, 0.3) is 0 Å². The van der Waals surface area contributed by atoms with E-state index in [0.29, 0.717) is 6.04 Å². The molecule has 0 aromatic rings. The third-order valence-corrected chi connectivity index (χ3v) is 4.38. The summed E-state index contributed by atoms with van der Waals surface area (Å²) in [5.74, 6) is 0.416. The van der Waals surface area contributed by atoms with Crippen LogP contribution in [0.15, 0.2) is 0 Å². The van der Waals surface area contributed by atoms with Crippen molar-refractivity contribution in [3.05, 3.63) is 0 Å². The van der Waals surface area contributed by atoms with Crippen LogP contribution < -0.4 is 5.73 Å². The summed E-state index contributed by atoms with van der Waals surface area (Å²) in [5.41, 5.74) is 6.14. The van der Waals surface area contributed by atoms with Crippen molar-refractivity contribution in [2.24, 2.45) is 11.7 Å². The van der Waals surface area contributed by atoms with Crippen LogP contribution in [0.1, 0.15) is 46.0 Å². The third-order valence-electron chi connectivity index (χ3n) is 4.38. The topological polar surface area (TPSA) is 49.6 Å². The molecule has 0 heterocycles. The first kappa shape index (κ1) is 16.4. The molecule has 1 fully saturated rings. The minimum absolute atomic E-state index is 0.156. The quantitative estimate of drug-likeness (QED) is 0.765. The van der Waals surface area contributed by atoms with E-state index >= 15 is 0 Å². The predicted molar refractivity (Wildman–Crippen MR) is 80.0 cm³/mol. The zero-order valence-electron chi connectivity index (χ0n) is 13.1. The summed E-state index contributed by atoms with van der Waals surface area (Å²) in [6, 6.07) is 0.0790. The van der Waals surface area contributed by atoms with E-state index in [0.717, 1.165) is 32.4 Å². The maximum atomic E-state index is 12.6. The smallest absolute Gasteiger partial charge is 0.240 e. The lowest BCUT2D eigenvalue weighted by atomic mass is 9.98. The first-order valence-electron chi connectivity index (χ1n) is 7.68. The number of carbonyl (C=O) groups is 1. The molecule has 0 spiro atoms. The van der Waals surface area contributed by atoms with E-state index in [1.165, 1.54) is 12.8 Å². The molecule has 1 saturated carbocycles. The SMILES string of the molecule is CC[C@H](C)[C@H](N)C(=O)N(CCN(C)C)C1CCCC1. The fourth-order valence-electron chi connectivity index (χ4n) is 2.69. The Bertz CT molecular complexity index is 275. The summed E-state index contributed by atoms with van der Waals surface area (Å²) >= 11 is 0. The van der Waals surface area contributed by atoms with Gasteiger partial charge in [0.2, 0.25) is 5.91 Å². The summed E-state index contributed by atoms with van der Waals surface area (Å²) in [6.45, 7) is 5.88. The van der Waals surface area contributed by atoms with Crippen molar-refractivity contribution in [3.63, 3.8) is 0 Å². The molecule has 0 unspecified atom stereocenters. The minimum Gasteiger partial charge on any atom is -0.337 e. The summed E-state index contributed by atoms with van der Waals surface area (Å²) in [6.07, 6.45) is 5.74. The highest BCUT2D eigenvalue weighted by molar-refractivity contribution is 5.82. The van der Waals surface area contributed by atoms with Gasteiger partial charge in [-0.15, -0.1) is 0 Å². The molecule has 0 bridgehead atoms. The Morgan fingerprint density at radius 3 is 2.32 bits per heavy atom. The molecule has 0 saturated heterocycles. The van der Waals surface area contributed by atoms with Gasteiger partial charge in [0.25, 0.3) is 0 Å². The van der Waals surface area contributed by atoms with Gasteiger partial charge in [-0.3, -0.25) is 4.79 Å². The summed E-state index contributed by atoms with van der Waals surface area (Å²) < 4.78 is 0. The second kappa shape index (κ2) is 7.85. The molecular formula is C15H31N3O. The number of rotatable bonds is 7. The number of nitrogens with two attached hydrogens (primary N) is 1. The number of likely N-dealkylation sites (N-methyl/N-ethyl adjacent to an activating group) is 1. The zero-order valence-corrected chi connectivity index (χ0v) is 13.1. The second-order valence-corrected chi connectivity index (χ2v) is 6.18. The largest absolute Gasteiger partial charge is 0.337 e. The molecule has 19 heavy (non-hydrogen) atoms. The highest BCUT2D eigenvalue weighted by Crippen LogP contribution is 2.24. The fourth-order valence-corrected chi connectivity index (χ4v) is 2.69. The molecule has 112 valence electrons. The predicted octanol–water partition coefficient (Wildman–Crippen LogP) is 1.69.